The van der Waals surface area contributed by atoms with Gasteiger partial charge in [-0.25, -0.2) is 4.98 Å². The Labute approximate surface area is 145 Å². The molecule has 8 heteroatoms. The highest BCUT2D eigenvalue weighted by atomic mass is 16.5. The van der Waals surface area contributed by atoms with Crippen LogP contribution in [-0.2, 0) is 9.53 Å². The fourth-order valence-corrected chi connectivity index (χ4v) is 2.64. The van der Waals surface area contributed by atoms with Crippen LogP contribution in [0.1, 0.15) is 22.3 Å². The molecule has 2 amide bonds. The number of aromatic amines is 1. The maximum Gasteiger partial charge on any atom is 0.254 e. The van der Waals surface area contributed by atoms with Crippen LogP contribution in [0.15, 0.2) is 43.2 Å². The maximum atomic E-state index is 12.7. The number of ether oxygens (including phenoxy) is 1. The Balaban J connectivity index is 1.70. The average molecular weight is 341 g/mol. The number of nitrogens with zero attached hydrogens (tertiary/aromatic N) is 4. The van der Waals surface area contributed by atoms with E-state index in [9.17, 15) is 9.59 Å². The van der Waals surface area contributed by atoms with Crippen LogP contribution in [-0.4, -0.2) is 58.6 Å². The van der Waals surface area contributed by atoms with Gasteiger partial charge in [-0.2, -0.15) is 5.10 Å². The first kappa shape index (κ1) is 16.8. The topological polar surface area (TPSA) is 91.4 Å². The fraction of sp³-hybridized carbons (Fsp3) is 0.294. The summed E-state index contributed by atoms with van der Waals surface area (Å²) in [4.78, 5) is 31.6. The molecule has 2 heterocycles. The van der Waals surface area contributed by atoms with E-state index in [-0.39, 0.29) is 17.9 Å². The summed E-state index contributed by atoms with van der Waals surface area (Å²) in [5, 5.41) is 6.59. The van der Waals surface area contributed by atoms with Gasteiger partial charge >= 0.3 is 0 Å². The predicted molar refractivity (Wildman–Crippen MR) is 91.0 cm³/mol. The quantitative estimate of drug-likeness (QED) is 0.843. The number of likely N-dealkylation sites (N-methyl/N-ethyl adjacent to an activating group) is 1. The largest absolute Gasteiger partial charge is 0.367 e. The Hall–Kier alpha value is -3.00. The highest BCUT2D eigenvalue weighted by Gasteiger charge is 2.27. The van der Waals surface area contributed by atoms with Crippen LogP contribution in [0.25, 0.3) is 0 Å². The van der Waals surface area contributed by atoms with Crippen molar-refractivity contribution >= 4 is 17.5 Å². The van der Waals surface area contributed by atoms with E-state index < -0.39 is 0 Å². The van der Waals surface area contributed by atoms with Crippen molar-refractivity contribution in [1.82, 2.24) is 20.1 Å². The van der Waals surface area contributed by atoms with Crippen molar-refractivity contribution < 1.29 is 14.3 Å². The number of hydrogen-bond donors (Lipinski definition) is 1. The highest BCUT2D eigenvalue weighted by Crippen LogP contribution is 2.21. The van der Waals surface area contributed by atoms with Gasteiger partial charge in [-0.3, -0.25) is 14.7 Å². The van der Waals surface area contributed by atoms with Crippen molar-refractivity contribution in [1.29, 1.82) is 0 Å². The van der Waals surface area contributed by atoms with Crippen molar-refractivity contribution in [3.63, 3.8) is 0 Å². The Morgan fingerprint density at radius 2 is 2.16 bits per heavy atom. The molecule has 1 aliphatic rings. The van der Waals surface area contributed by atoms with Gasteiger partial charge in [0.25, 0.3) is 5.91 Å². The van der Waals surface area contributed by atoms with E-state index >= 15 is 0 Å². The minimum Gasteiger partial charge on any atom is -0.367 e. The summed E-state index contributed by atoms with van der Waals surface area (Å²) >= 11 is 0. The minimum absolute atomic E-state index is 0.0861. The van der Waals surface area contributed by atoms with Crippen LogP contribution < -0.4 is 4.90 Å². The van der Waals surface area contributed by atoms with E-state index in [1.165, 1.54) is 17.3 Å². The van der Waals surface area contributed by atoms with Crippen molar-refractivity contribution in [2.24, 2.45) is 0 Å². The number of H-pyrrole nitrogens is 1. The number of amides is 2. The third-order valence-electron chi connectivity index (χ3n) is 4.10. The average Bonchev–Trinajstić information content (AvgIpc) is 3.21. The molecular weight excluding hydrogens is 322 g/mol. The molecule has 1 aromatic carbocycles. The fourth-order valence-electron chi connectivity index (χ4n) is 2.64. The lowest BCUT2D eigenvalue weighted by Crippen LogP contribution is -2.42. The molecule has 25 heavy (non-hydrogen) atoms. The lowest BCUT2D eigenvalue weighted by molar-refractivity contribution is -0.113. The van der Waals surface area contributed by atoms with Crippen LogP contribution in [0.5, 0.6) is 0 Å². The lowest BCUT2D eigenvalue weighted by Gasteiger charge is -2.32. The summed E-state index contributed by atoms with van der Waals surface area (Å²) in [6.45, 7) is 4.82. The van der Waals surface area contributed by atoms with E-state index in [1.807, 2.05) is 0 Å². The number of nitrogens with one attached hydrogen (secondary N) is 1. The number of aromatic nitrogens is 3. The molecular formula is C17H19N5O3. The van der Waals surface area contributed by atoms with Crippen LogP contribution in [0, 0.1) is 0 Å². The Morgan fingerprint density at radius 3 is 2.80 bits per heavy atom. The van der Waals surface area contributed by atoms with Gasteiger partial charge < -0.3 is 14.5 Å². The molecule has 3 rings (SSSR count). The van der Waals surface area contributed by atoms with Crippen LogP contribution in [0.4, 0.5) is 5.69 Å². The number of hydrogen-bond acceptors (Lipinski definition) is 5. The van der Waals surface area contributed by atoms with Gasteiger partial charge in [-0.1, -0.05) is 6.58 Å². The second-order valence-electron chi connectivity index (χ2n) is 5.63. The van der Waals surface area contributed by atoms with E-state index in [0.29, 0.717) is 36.8 Å². The maximum absolute atomic E-state index is 12.7. The molecule has 0 bridgehead atoms. The highest BCUT2D eigenvalue weighted by molar-refractivity contribution is 6.01. The predicted octanol–water partition coefficient (Wildman–Crippen LogP) is 1.17. The zero-order valence-electron chi connectivity index (χ0n) is 13.9. The summed E-state index contributed by atoms with van der Waals surface area (Å²) in [5.74, 6) is 0.316. The molecule has 0 aliphatic carbocycles. The number of carbonyl (C=O) groups is 2. The molecule has 130 valence electrons. The van der Waals surface area contributed by atoms with Crippen LogP contribution in [0.3, 0.4) is 0 Å². The van der Waals surface area contributed by atoms with Gasteiger partial charge in [0.1, 0.15) is 12.4 Å². The van der Waals surface area contributed by atoms with E-state index in [0.717, 1.165) is 0 Å². The normalized spacial score (nSPS) is 17.2. The SMILES string of the molecule is C=CC(=O)N(C)c1ccc(C(=O)N2CCOC(c3ncn[nH]3)C2)cc1. The van der Waals surface area contributed by atoms with Gasteiger partial charge in [0.2, 0.25) is 5.91 Å². The van der Waals surface area contributed by atoms with E-state index in [1.54, 1.807) is 36.2 Å². The molecule has 1 atom stereocenters. The Morgan fingerprint density at radius 1 is 1.40 bits per heavy atom. The Kier molecular flexibility index (Phi) is 4.90. The first-order chi connectivity index (χ1) is 12.1. The second-order valence-corrected chi connectivity index (χ2v) is 5.63. The number of rotatable bonds is 4. The van der Waals surface area contributed by atoms with Crippen molar-refractivity contribution in [3.05, 3.63) is 54.6 Å². The summed E-state index contributed by atoms with van der Waals surface area (Å²) in [5.41, 5.74) is 1.25. The van der Waals surface area contributed by atoms with E-state index in [2.05, 4.69) is 21.8 Å². The molecule has 8 nitrogen and oxygen atoms in total. The summed E-state index contributed by atoms with van der Waals surface area (Å²) in [6, 6.07) is 6.90. The summed E-state index contributed by atoms with van der Waals surface area (Å²) < 4.78 is 5.65. The molecule has 1 aliphatic heterocycles. The summed E-state index contributed by atoms with van der Waals surface area (Å²) in [6.07, 6.45) is 2.35. The van der Waals surface area contributed by atoms with Crippen molar-refractivity contribution in [3.8, 4) is 0 Å². The molecule has 0 radical (unpaired) electrons. The second kappa shape index (κ2) is 7.27. The number of anilines is 1. The molecule has 1 fully saturated rings. The van der Waals surface area contributed by atoms with Gasteiger partial charge in [0, 0.05) is 24.8 Å². The monoisotopic (exact) mass is 341 g/mol. The lowest BCUT2D eigenvalue weighted by atomic mass is 10.1. The van der Waals surface area contributed by atoms with Crippen LogP contribution in [0.2, 0.25) is 0 Å². The van der Waals surface area contributed by atoms with Gasteiger partial charge in [0.15, 0.2) is 5.82 Å². The Bertz CT molecular complexity index is 757. The first-order valence-electron chi connectivity index (χ1n) is 7.86. The molecule has 1 saturated heterocycles. The minimum atomic E-state index is -0.309. The summed E-state index contributed by atoms with van der Waals surface area (Å²) in [7, 11) is 1.66. The third kappa shape index (κ3) is 3.58. The zero-order chi connectivity index (χ0) is 17.8. The van der Waals surface area contributed by atoms with Gasteiger partial charge in [0.05, 0.1) is 13.2 Å². The standard InChI is InChI=1S/C17H19N5O3/c1-3-15(23)21(2)13-6-4-12(5-7-13)17(24)22-8-9-25-14(10-22)16-18-11-19-20-16/h3-7,11,14H,1,8-10H2,2H3,(H,18,19,20). The number of benzene rings is 1. The molecule has 1 aromatic heterocycles. The number of carbonyl (C=O) groups excluding carboxylic acids is 2. The van der Waals surface area contributed by atoms with E-state index in [4.69, 9.17) is 4.74 Å². The molecule has 0 saturated carbocycles. The molecule has 1 unspecified atom stereocenters. The van der Waals surface area contributed by atoms with Gasteiger partial charge in [-0.15, -0.1) is 0 Å². The zero-order valence-corrected chi connectivity index (χ0v) is 13.9. The van der Waals surface area contributed by atoms with Crippen molar-refractivity contribution in [2.75, 3.05) is 31.6 Å². The molecule has 1 N–H and O–H groups in total. The molecule has 0 spiro atoms. The van der Waals surface area contributed by atoms with Crippen molar-refractivity contribution in [2.45, 2.75) is 6.10 Å². The molecule has 2 aromatic rings. The van der Waals surface area contributed by atoms with Gasteiger partial charge in [-0.05, 0) is 30.3 Å². The smallest absolute Gasteiger partial charge is 0.254 e. The third-order valence-corrected chi connectivity index (χ3v) is 4.10. The first-order valence-corrected chi connectivity index (χ1v) is 7.86. The van der Waals surface area contributed by atoms with Crippen LogP contribution >= 0.6 is 0 Å². The number of morpholine rings is 1.